The van der Waals surface area contributed by atoms with Crippen molar-refractivity contribution in [2.24, 2.45) is 5.41 Å². The largest absolute Gasteiger partial charge is 0.356 e. The van der Waals surface area contributed by atoms with Crippen LogP contribution in [0.5, 0.6) is 0 Å². The van der Waals surface area contributed by atoms with Crippen molar-refractivity contribution in [2.45, 2.75) is 53.7 Å². The van der Waals surface area contributed by atoms with Gasteiger partial charge in [-0.05, 0) is 20.3 Å². The zero-order valence-electron chi connectivity index (χ0n) is 11.7. The molecule has 1 heterocycles. The first-order chi connectivity index (χ1) is 7.88. The number of carbonyl (C=O) groups excluding carboxylic acids is 1. The molecule has 0 saturated carbocycles. The fraction of sp³-hybridized carbons (Fsp3) is 0.786. The van der Waals surface area contributed by atoms with Crippen LogP contribution in [0.25, 0.3) is 0 Å². The van der Waals surface area contributed by atoms with E-state index in [1.165, 1.54) is 5.57 Å². The molecule has 0 aromatic heterocycles. The molecule has 0 aromatic carbocycles. The molecule has 1 fully saturated rings. The number of nitrogens with zero attached hydrogens (tertiary/aromatic N) is 1. The van der Waals surface area contributed by atoms with Gasteiger partial charge in [-0.15, -0.1) is 0 Å². The summed E-state index contributed by atoms with van der Waals surface area (Å²) in [5.41, 5.74) is 1.28. The van der Waals surface area contributed by atoms with E-state index in [0.29, 0.717) is 13.0 Å². The summed E-state index contributed by atoms with van der Waals surface area (Å²) < 4.78 is 5.76. The van der Waals surface area contributed by atoms with Gasteiger partial charge in [0.1, 0.15) is 6.23 Å². The molecule has 3 heteroatoms. The first-order valence-electron chi connectivity index (χ1n) is 6.43. The Bertz CT molecular complexity index is 303. The predicted octanol–water partition coefficient (Wildman–Crippen LogP) is 2.96. The highest BCUT2D eigenvalue weighted by Gasteiger charge is 2.39. The van der Waals surface area contributed by atoms with Crippen molar-refractivity contribution < 1.29 is 9.53 Å². The number of carbonyl (C=O) groups is 1. The van der Waals surface area contributed by atoms with Gasteiger partial charge in [-0.1, -0.05) is 32.4 Å². The van der Waals surface area contributed by atoms with Gasteiger partial charge in [0.2, 0.25) is 5.91 Å². The maximum atomic E-state index is 11.8. The number of ether oxygens (including phenoxy) is 1. The third kappa shape index (κ3) is 3.56. The van der Waals surface area contributed by atoms with Crippen molar-refractivity contribution in [3.05, 3.63) is 11.6 Å². The van der Waals surface area contributed by atoms with Crippen LogP contribution in [0.2, 0.25) is 0 Å². The molecule has 0 N–H and O–H groups in total. The molecule has 98 valence electrons. The lowest BCUT2D eigenvalue weighted by Gasteiger charge is -2.35. The Morgan fingerprint density at radius 3 is 2.65 bits per heavy atom. The molecule has 17 heavy (non-hydrogen) atoms. The van der Waals surface area contributed by atoms with E-state index in [9.17, 15) is 4.79 Å². The molecule has 0 unspecified atom stereocenters. The molecule has 0 radical (unpaired) electrons. The van der Waals surface area contributed by atoms with Crippen LogP contribution in [-0.2, 0) is 9.53 Å². The van der Waals surface area contributed by atoms with Crippen LogP contribution < -0.4 is 0 Å². The van der Waals surface area contributed by atoms with Crippen molar-refractivity contribution in [1.29, 1.82) is 0 Å². The minimum absolute atomic E-state index is 0.0292. The summed E-state index contributed by atoms with van der Waals surface area (Å²) in [6.45, 7) is 11.8. The second kappa shape index (κ2) is 5.67. The van der Waals surface area contributed by atoms with E-state index in [0.717, 1.165) is 13.0 Å². The molecule has 1 atom stereocenters. The summed E-state index contributed by atoms with van der Waals surface area (Å²) in [6, 6.07) is 0. The lowest BCUT2D eigenvalue weighted by atomic mass is 9.85. The normalized spacial score (nSPS) is 20.5. The van der Waals surface area contributed by atoms with E-state index in [1.54, 1.807) is 0 Å². The van der Waals surface area contributed by atoms with Gasteiger partial charge >= 0.3 is 0 Å². The van der Waals surface area contributed by atoms with Crippen molar-refractivity contribution in [3.63, 3.8) is 0 Å². The molecule has 1 aliphatic rings. The molecule has 1 saturated heterocycles. The molecule has 0 aliphatic carbocycles. The maximum absolute atomic E-state index is 11.8. The first kappa shape index (κ1) is 14.2. The summed E-state index contributed by atoms with van der Waals surface area (Å²) in [5.74, 6) is 0.192. The van der Waals surface area contributed by atoms with E-state index in [4.69, 9.17) is 4.74 Å². The zero-order chi connectivity index (χ0) is 13.1. The Morgan fingerprint density at radius 2 is 2.12 bits per heavy atom. The van der Waals surface area contributed by atoms with Gasteiger partial charge in [-0.3, -0.25) is 4.79 Å². The van der Waals surface area contributed by atoms with Crippen LogP contribution >= 0.6 is 0 Å². The Labute approximate surface area is 105 Å². The summed E-state index contributed by atoms with van der Waals surface area (Å²) in [6.07, 6.45) is 3.63. The van der Waals surface area contributed by atoms with Gasteiger partial charge in [-0.25, -0.2) is 0 Å². The Morgan fingerprint density at radius 1 is 1.47 bits per heavy atom. The minimum atomic E-state index is -0.0782. The molecule has 0 spiro atoms. The second-order valence-corrected chi connectivity index (χ2v) is 5.64. The van der Waals surface area contributed by atoms with Gasteiger partial charge in [0.25, 0.3) is 0 Å². The maximum Gasteiger partial charge on any atom is 0.224 e. The Kier molecular flexibility index (Phi) is 4.75. The van der Waals surface area contributed by atoms with Gasteiger partial charge in [0, 0.05) is 18.4 Å². The van der Waals surface area contributed by atoms with Crippen LogP contribution in [0.15, 0.2) is 11.6 Å². The van der Waals surface area contributed by atoms with Crippen LogP contribution in [0.4, 0.5) is 0 Å². The number of allylic oxidation sites excluding steroid dienone is 2. The standard InChI is InChI=1S/C14H25NO2/c1-6-12(16)15-9-10-17-13(15)14(4,5)8-7-11(2)3/h7,13H,6,8-10H2,1-5H3/t13-/m0/s1. The molecule has 0 aromatic rings. The van der Waals surface area contributed by atoms with Gasteiger partial charge in [-0.2, -0.15) is 0 Å². The first-order valence-corrected chi connectivity index (χ1v) is 6.43. The highest BCUT2D eigenvalue weighted by atomic mass is 16.5. The lowest BCUT2D eigenvalue weighted by molar-refractivity contribution is -0.142. The highest BCUT2D eigenvalue weighted by Crippen LogP contribution is 2.33. The smallest absolute Gasteiger partial charge is 0.224 e. The van der Waals surface area contributed by atoms with E-state index >= 15 is 0 Å². The van der Waals surface area contributed by atoms with Crippen LogP contribution in [0, 0.1) is 5.41 Å². The monoisotopic (exact) mass is 239 g/mol. The molecule has 3 nitrogen and oxygen atoms in total. The highest BCUT2D eigenvalue weighted by molar-refractivity contribution is 5.76. The topological polar surface area (TPSA) is 29.5 Å². The number of hydrogen-bond acceptors (Lipinski definition) is 2. The van der Waals surface area contributed by atoms with E-state index < -0.39 is 0 Å². The van der Waals surface area contributed by atoms with Gasteiger partial charge < -0.3 is 9.64 Å². The Balaban J connectivity index is 2.75. The average Bonchev–Trinajstić information content (AvgIpc) is 2.75. The number of amides is 1. The van der Waals surface area contributed by atoms with Crippen molar-refractivity contribution >= 4 is 5.91 Å². The van der Waals surface area contributed by atoms with Gasteiger partial charge in [0.15, 0.2) is 0 Å². The zero-order valence-corrected chi connectivity index (χ0v) is 11.7. The van der Waals surface area contributed by atoms with Gasteiger partial charge in [0.05, 0.1) is 6.61 Å². The fourth-order valence-electron chi connectivity index (χ4n) is 2.14. The third-order valence-electron chi connectivity index (χ3n) is 3.22. The predicted molar refractivity (Wildman–Crippen MR) is 69.6 cm³/mol. The third-order valence-corrected chi connectivity index (χ3v) is 3.22. The molecule has 0 bridgehead atoms. The molecular weight excluding hydrogens is 214 g/mol. The summed E-state index contributed by atoms with van der Waals surface area (Å²) in [7, 11) is 0. The minimum Gasteiger partial charge on any atom is -0.356 e. The number of hydrogen-bond donors (Lipinski definition) is 0. The van der Waals surface area contributed by atoms with E-state index in [1.807, 2.05) is 11.8 Å². The van der Waals surface area contributed by atoms with Crippen LogP contribution in [-0.4, -0.2) is 30.2 Å². The summed E-state index contributed by atoms with van der Waals surface area (Å²) >= 11 is 0. The summed E-state index contributed by atoms with van der Waals surface area (Å²) in [4.78, 5) is 13.7. The average molecular weight is 239 g/mol. The SMILES string of the molecule is CCC(=O)N1CCO[C@H]1C(C)(C)CC=C(C)C. The van der Waals surface area contributed by atoms with Crippen molar-refractivity contribution in [1.82, 2.24) is 4.90 Å². The summed E-state index contributed by atoms with van der Waals surface area (Å²) in [5, 5.41) is 0. The molecule has 1 aliphatic heterocycles. The fourth-order valence-corrected chi connectivity index (χ4v) is 2.14. The van der Waals surface area contributed by atoms with E-state index in [2.05, 4.69) is 33.8 Å². The van der Waals surface area contributed by atoms with Crippen LogP contribution in [0.3, 0.4) is 0 Å². The number of rotatable bonds is 4. The molecule has 1 amide bonds. The quantitative estimate of drug-likeness (QED) is 0.706. The second-order valence-electron chi connectivity index (χ2n) is 5.64. The van der Waals surface area contributed by atoms with Crippen molar-refractivity contribution in [3.8, 4) is 0 Å². The van der Waals surface area contributed by atoms with Crippen LogP contribution in [0.1, 0.15) is 47.5 Å². The molecule has 1 rings (SSSR count). The Hall–Kier alpha value is -0.830. The lowest BCUT2D eigenvalue weighted by Crippen LogP contribution is -2.44. The van der Waals surface area contributed by atoms with Crippen molar-refractivity contribution in [2.75, 3.05) is 13.2 Å². The van der Waals surface area contributed by atoms with E-state index in [-0.39, 0.29) is 17.6 Å². The molecular formula is C14H25NO2.